The van der Waals surface area contributed by atoms with E-state index in [1.807, 2.05) is 0 Å². The molecule has 3 N–H and O–H groups in total. The van der Waals surface area contributed by atoms with Gasteiger partial charge in [0.25, 0.3) is 10.1 Å². The van der Waals surface area contributed by atoms with Gasteiger partial charge in [-0.1, -0.05) is 24.3 Å². The lowest BCUT2D eigenvalue weighted by Crippen LogP contribution is -2.21. The fourth-order valence-electron chi connectivity index (χ4n) is 2.96. The summed E-state index contributed by atoms with van der Waals surface area (Å²) >= 11 is 0. The van der Waals surface area contributed by atoms with Gasteiger partial charge in [0.2, 0.25) is 5.78 Å². The molecular weight excluding hydrogens is 418 g/mol. The van der Waals surface area contributed by atoms with Crippen LogP contribution in [0, 0.1) is 5.82 Å². The minimum Gasteiger partial charge on any atom is -0.463 e. The molecule has 0 aromatic heterocycles. The molecule has 0 aliphatic carbocycles. The second kappa shape index (κ2) is 7.16. The Bertz CT molecular complexity index is 1080. The summed E-state index contributed by atoms with van der Waals surface area (Å²) < 4.78 is 90.0. The number of carbonyl (C=O) groups is 1. The van der Waals surface area contributed by atoms with Gasteiger partial charge in [0.05, 0.1) is 11.1 Å². The van der Waals surface area contributed by atoms with Crippen molar-refractivity contribution in [3.05, 3.63) is 82.5 Å². The maximum atomic E-state index is 13.2. The van der Waals surface area contributed by atoms with Crippen molar-refractivity contribution >= 4 is 15.9 Å². The molecule has 154 valence electrons. The van der Waals surface area contributed by atoms with Gasteiger partial charge in [0, 0.05) is 5.56 Å². The summed E-state index contributed by atoms with van der Waals surface area (Å²) in [5.41, 5.74) is 3.99. The van der Waals surface area contributed by atoms with Crippen molar-refractivity contribution in [3.63, 3.8) is 0 Å². The number of benzene rings is 2. The van der Waals surface area contributed by atoms with Crippen molar-refractivity contribution in [2.45, 2.75) is 17.5 Å². The molecule has 0 fully saturated rings. The number of hydrogen-bond donors (Lipinski definition) is 2. The second-order valence-electron chi connectivity index (χ2n) is 6.21. The minimum atomic E-state index is -4.92. The van der Waals surface area contributed by atoms with Crippen molar-refractivity contribution in [1.29, 1.82) is 0 Å². The van der Waals surface area contributed by atoms with Gasteiger partial charge in [-0.3, -0.25) is 9.35 Å². The zero-order valence-electron chi connectivity index (χ0n) is 14.4. The molecule has 2 atom stereocenters. The molecule has 3 rings (SSSR count). The average molecular weight is 431 g/mol. The zero-order chi connectivity index (χ0) is 21.6. The summed E-state index contributed by atoms with van der Waals surface area (Å²) in [5, 5.41) is -1.95. The van der Waals surface area contributed by atoms with Crippen molar-refractivity contribution in [1.82, 2.24) is 0 Å². The second-order valence-corrected chi connectivity index (χ2v) is 7.71. The molecule has 29 heavy (non-hydrogen) atoms. The molecule has 0 saturated carbocycles. The number of rotatable bonds is 4. The van der Waals surface area contributed by atoms with Gasteiger partial charge in [-0.15, -0.1) is 0 Å². The molecular formula is C18H13F4NO5S. The molecule has 1 aliphatic heterocycles. The van der Waals surface area contributed by atoms with Crippen LogP contribution in [0.5, 0.6) is 0 Å². The fourth-order valence-corrected chi connectivity index (χ4v) is 3.99. The Kier molecular flexibility index (Phi) is 5.13. The van der Waals surface area contributed by atoms with Crippen LogP contribution < -0.4 is 5.73 Å². The molecule has 0 bridgehead atoms. The third-order valence-corrected chi connectivity index (χ3v) is 5.39. The van der Waals surface area contributed by atoms with Crippen molar-refractivity contribution in [2.75, 3.05) is 0 Å². The highest BCUT2D eigenvalue weighted by atomic mass is 32.2. The zero-order valence-corrected chi connectivity index (χ0v) is 15.2. The smallest absolute Gasteiger partial charge is 0.416 e. The first-order valence-electron chi connectivity index (χ1n) is 7.99. The van der Waals surface area contributed by atoms with Crippen molar-refractivity contribution in [3.8, 4) is 0 Å². The quantitative estimate of drug-likeness (QED) is 0.569. The highest BCUT2D eigenvalue weighted by Crippen LogP contribution is 2.41. The first-order chi connectivity index (χ1) is 13.4. The molecule has 0 spiro atoms. The Morgan fingerprint density at radius 1 is 1.03 bits per heavy atom. The predicted molar refractivity (Wildman–Crippen MR) is 92.2 cm³/mol. The van der Waals surface area contributed by atoms with E-state index >= 15 is 0 Å². The topological polar surface area (TPSA) is 107 Å². The lowest BCUT2D eigenvalue weighted by Gasteiger charge is -2.15. The summed E-state index contributed by atoms with van der Waals surface area (Å²) in [7, 11) is -4.92. The van der Waals surface area contributed by atoms with E-state index < -0.39 is 56.3 Å². The van der Waals surface area contributed by atoms with E-state index in [1.165, 1.54) is 0 Å². The van der Waals surface area contributed by atoms with Gasteiger partial charge in [0.15, 0.2) is 12.0 Å². The predicted octanol–water partition coefficient (Wildman–Crippen LogP) is 3.28. The number of alkyl halides is 3. The molecule has 11 heteroatoms. The number of carbonyl (C=O) groups excluding carboxylic acids is 1. The average Bonchev–Trinajstić information content (AvgIpc) is 2.90. The molecule has 2 unspecified atom stereocenters. The molecule has 2 aromatic carbocycles. The van der Waals surface area contributed by atoms with Crippen molar-refractivity contribution in [2.24, 2.45) is 5.73 Å². The van der Waals surface area contributed by atoms with E-state index in [0.717, 1.165) is 48.5 Å². The number of halogens is 4. The van der Waals surface area contributed by atoms with Crippen LogP contribution in [0.2, 0.25) is 0 Å². The first kappa shape index (κ1) is 20.8. The van der Waals surface area contributed by atoms with Gasteiger partial charge in [-0.2, -0.15) is 21.6 Å². The first-order valence-corrected chi connectivity index (χ1v) is 9.49. The van der Waals surface area contributed by atoms with Crippen LogP contribution in [-0.2, 0) is 25.8 Å². The van der Waals surface area contributed by atoms with Gasteiger partial charge in [-0.05, 0) is 29.8 Å². The van der Waals surface area contributed by atoms with E-state index in [1.54, 1.807) is 0 Å². The van der Waals surface area contributed by atoms with Crippen LogP contribution in [0.25, 0.3) is 0 Å². The molecule has 1 aliphatic rings. The standard InChI is InChI=1S/C18H13F4NO5S/c19-12-7-3-10(4-8-12)16(29(25,26)27)13-14(24)15(28-17(13)23)9-1-5-11(6-2-9)18(20,21)22/h1-8,15-16H,23H2,(H,25,26,27). The minimum absolute atomic E-state index is 0.00847. The van der Waals surface area contributed by atoms with Crippen LogP contribution in [-0.4, -0.2) is 18.8 Å². The molecule has 2 aromatic rings. The highest BCUT2D eigenvalue weighted by molar-refractivity contribution is 7.86. The van der Waals surface area contributed by atoms with E-state index in [-0.39, 0.29) is 11.1 Å². The normalized spacial score (nSPS) is 18.7. The number of ether oxygens (including phenoxy) is 1. The number of Topliss-reactive ketones (excluding diaryl/α,β-unsaturated/α-hetero) is 1. The van der Waals surface area contributed by atoms with Crippen molar-refractivity contribution < 1.29 is 40.1 Å². The summed E-state index contributed by atoms with van der Waals surface area (Å²) in [6, 6.07) is 7.43. The summed E-state index contributed by atoms with van der Waals surface area (Å²) in [6.07, 6.45) is -6.07. The molecule has 0 radical (unpaired) electrons. The lowest BCUT2D eigenvalue weighted by atomic mass is 9.96. The third kappa shape index (κ3) is 4.10. The maximum Gasteiger partial charge on any atom is 0.416 e. The van der Waals surface area contributed by atoms with Gasteiger partial charge < -0.3 is 10.5 Å². The Morgan fingerprint density at radius 3 is 2.07 bits per heavy atom. The lowest BCUT2D eigenvalue weighted by molar-refractivity contribution is -0.137. The highest BCUT2D eigenvalue weighted by Gasteiger charge is 2.44. The van der Waals surface area contributed by atoms with Crippen LogP contribution >= 0.6 is 0 Å². The molecule has 6 nitrogen and oxygen atoms in total. The van der Waals surface area contributed by atoms with Crippen LogP contribution in [0.15, 0.2) is 60.0 Å². The van der Waals surface area contributed by atoms with Gasteiger partial charge >= 0.3 is 6.18 Å². The summed E-state index contributed by atoms with van der Waals surface area (Å²) in [5.74, 6) is -2.23. The fraction of sp³-hybridized carbons (Fsp3) is 0.167. The summed E-state index contributed by atoms with van der Waals surface area (Å²) in [4.78, 5) is 12.8. The van der Waals surface area contributed by atoms with Crippen LogP contribution in [0.4, 0.5) is 17.6 Å². The van der Waals surface area contributed by atoms with E-state index in [2.05, 4.69) is 0 Å². The molecule has 0 saturated heterocycles. The maximum absolute atomic E-state index is 13.2. The Morgan fingerprint density at radius 2 is 1.59 bits per heavy atom. The molecule has 1 heterocycles. The Balaban J connectivity index is 1.99. The Labute approximate surface area is 162 Å². The van der Waals surface area contributed by atoms with Gasteiger partial charge in [-0.25, -0.2) is 4.39 Å². The third-order valence-electron chi connectivity index (χ3n) is 4.29. The Hall–Kier alpha value is -2.92. The van der Waals surface area contributed by atoms with E-state index in [0.29, 0.717) is 0 Å². The largest absolute Gasteiger partial charge is 0.463 e. The van der Waals surface area contributed by atoms with Gasteiger partial charge in [0.1, 0.15) is 11.1 Å². The van der Waals surface area contributed by atoms with Crippen LogP contribution in [0.1, 0.15) is 28.0 Å². The number of nitrogens with two attached hydrogens (primary N) is 1. The number of ketones is 1. The van der Waals surface area contributed by atoms with E-state index in [9.17, 15) is 35.3 Å². The van der Waals surface area contributed by atoms with Crippen LogP contribution in [0.3, 0.4) is 0 Å². The summed E-state index contributed by atoms with van der Waals surface area (Å²) in [6.45, 7) is 0. The van der Waals surface area contributed by atoms with E-state index in [4.69, 9.17) is 10.5 Å². The number of hydrogen-bond acceptors (Lipinski definition) is 5. The molecule has 0 amide bonds. The monoisotopic (exact) mass is 431 g/mol. The SMILES string of the molecule is NC1=C(C(c2ccc(F)cc2)S(=O)(=O)O)C(=O)C(c2ccc(C(F)(F)F)cc2)O1.